The van der Waals surface area contributed by atoms with Crippen molar-refractivity contribution in [2.75, 3.05) is 41.3 Å². The number of carbonyl (C=O) groups is 1. The summed E-state index contributed by atoms with van der Waals surface area (Å²) in [5, 5.41) is 33.3. The van der Waals surface area contributed by atoms with Gasteiger partial charge >= 0.3 is 5.97 Å². The van der Waals surface area contributed by atoms with Crippen LogP contribution in [-0.4, -0.2) is 93.3 Å². The first-order valence-corrected chi connectivity index (χ1v) is 15.9. The van der Waals surface area contributed by atoms with E-state index in [-0.39, 0.29) is 37.3 Å². The molecular formula is C35H36O14. The molecule has 4 heterocycles. The lowest BCUT2D eigenvalue weighted by Gasteiger charge is -2.48. The van der Waals surface area contributed by atoms with Crippen molar-refractivity contribution in [1.29, 1.82) is 0 Å². The topological polar surface area (TPSA) is 170 Å². The fraction of sp³-hybridized carbons (Fsp3) is 0.457. The lowest BCUT2D eigenvalue weighted by atomic mass is 9.66. The number of aliphatic hydroxyl groups excluding tert-OH is 2. The summed E-state index contributed by atoms with van der Waals surface area (Å²) in [5.74, 6) is -0.503. The normalized spacial score (nSPS) is 32.8. The van der Waals surface area contributed by atoms with Gasteiger partial charge in [-0.3, -0.25) is 4.79 Å². The molecule has 0 amide bonds. The molecule has 14 nitrogen and oxygen atoms in total. The molecule has 5 aliphatic rings. The average molecular weight is 681 g/mol. The van der Waals surface area contributed by atoms with Gasteiger partial charge in [0.1, 0.15) is 30.2 Å². The molecule has 3 N–H and O–H groups in total. The Morgan fingerprint density at radius 3 is 2.14 bits per heavy atom. The molecule has 10 unspecified atom stereocenters. The highest BCUT2D eigenvalue weighted by atomic mass is 16.8. The van der Waals surface area contributed by atoms with E-state index in [4.69, 9.17) is 47.4 Å². The minimum absolute atomic E-state index is 0.0153. The van der Waals surface area contributed by atoms with Gasteiger partial charge in [0.25, 0.3) is 0 Å². The van der Waals surface area contributed by atoms with E-state index in [9.17, 15) is 20.1 Å². The van der Waals surface area contributed by atoms with E-state index in [2.05, 4.69) is 0 Å². The van der Waals surface area contributed by atoms with Crippen molar-refractivity contribution in [3.05, 3.63) is 70.8 Å². The van der Waals surface area contributed by atoms with Crippen LogP contribution in [-0.2, 0) is 28.5 Å². The zero-order valence-electron chi connectivity index (χ0n) is 26.8. The van der Waals surface area contributed by atoms with Gasteiger partial charge in [0, 0.05) is 17.4 Å². The predicted molar refractivity (Wildman–Crippen MR) is 165 cm³/mol. The SMILES string of the molecule is COc1ccc(C2OCC3OC(OC4c5cc6c(cc5C(c5cc(OC)c(O)c(OC)c5)C5C(=O)OCC45)OCO6)C(O)C(O)C3O2)cc1. The molecule has 3 saturated heterocycles. The Morgan fingerprint density at radius 1 is 0.776 bits per heavy atom. The molecule has 3 aromatic rings. The maximum Gasteiger partial charge on any atom is 0.310 e. The van der Waals surface area contributed by atoms with E-state index in [1.807, 2.05) is 0 Å². The number of methoxy groups -OCH3 is 3. The first-order chi connectivity index (χ1) is 23.8. The number of hydrogen-bond acceptors (Lipinski definition) is 14. The fourth-order valence-electron chi connectivity index (χ4n) is 7.54. The highest BCUT2D eigenvalue weighted by Gasteiger charge is 2.56. The van der Waals surface area contributed by atoms with Crippen LogP contribution < -0.4 is 23.7 Å². The largest absolute Gasteiger partial charge is 0.502 e. The molecule has 3 fully saturated rings. The molecule has 1 aliphatic carbocycles. The van der Waals surface area contributed by atoms with E-state index < -0.39 is 66.8 Å². The average Bonchev–Trinajstić information content (AvgIpc) is 3.75. The molecule has 0 spiro atoms. The van der Waals surface area contributed by atoms with Gasteiger partial charge in [-0.1, -0.05) is 12.1 Å². The summed E-state index contributed by atoms with van der Waals surface area (Å²) in [6.45, 7) is 0.102. The highest BCUT2D eigenvalue weighted by Crippen LogP contribution is 2.57. The van der Waals surface area contributed by atoms with Crippen LogP contribution in [0.25, 0.3) is 0 Å². The number of phenols is 1. The van der Waals surface area contributed by atoms with Crippen LogP contribution in [0.2, 0.25) is 0 Å². The second-order valence-electron chi connectivity index (χ2n) is 12.5. The minimum atomic E-state index is -1.51. The second-order valence-corrected chi connectivity index (χ2v) is 12.5. The number of esters is 1. The molecule has 8 rings (SSSR count). The lowest BCUT2D eigenvalue weighted by molar-refractivity contribution is -0.369. The number of cyclic esters (lactones) is 1. The Labute approximate surface area is 280 Å². The Balaban J connectivity index is 1.12. The van der Waals surface area contributed by atoms with Gasteiger partial charge in [-0.25, -0.2) is 0 Å². The quantitative estimate of drug-likeness (QED) is 0.311. The van der Waals surface area contributed by atoms with Gasteiger partial charge in [-0.15, -0.1) is 0 Å². The van der Waals surface area contributed by atoms with Crippen molar-refractivity contribution in [2.45, 2.75) is 49.0 Å². The van der Waals surface area contributed by atoms with Crippen molar-refractivity contribution in [3.8, 4) is 34.5 Å². The van der Waals surface area contributed by atoms with Crippen molar-refractivity contribution < 1.29 is 67.5 Å². The number of aromatic hydroxyl groups is 1. The van der Waals surface area contributed by atoms with Crippen LogP contribution in [0.5, 0.6) is 34.5 Å². The number of rotatable bonds is 7. The van der Waals surface area contributed by atoms with Gasteiger partial charge in [-0.05, 0) is 53.1 Å². The van der Waals surface area contributed by atoms with E-state index in [0.717, 1.165) is 0 Å². The molecule has 10 atom stereocenters. The zero-order chi connectivity index (χ0) is 34.0. The van der Waals surface area contributed by atoms with Crippen molar-refractivity contribution in [1.82, 2.24) is 0 Å². The summed E-state index contributed by atoms with van der Waals surface area (Å²) in [4.78, 5) is 13.5. The van der Waals surface area contributed by atoms with Crippen LogP contribution in [0.15, 0.2) is 48.5 Å². The van der Waals surface area contributed by atoms with Crippen molar-refractivity contribution in [2.24, 2.45) is 11.8 Å². The number of hydrogen-bond donors (Lipinski definition) is 3. The van der Waals surface area contributed by atoms with Crippen molar-refractivity contribution in [3.63, 3.8) is 0 Å². The molecule has 0 saturated carbocycles. The van der Waals surface area contributed by atoms with Gasteiger partial charge in [0.2, 0.25) is 12.5 Å². The second kappa shape index (κ2) is 12.5. The van der Waals surface area contributed by atoms with Crippen LogP contribution in [0, 0.1) is 11.8 Å². The number of aliphatic hydroxyl groups is 2. The molecule has 0 radical (unpaired) electrons. The van der Waals surface area contributed by atoms with Crippen LogP contribution in [0.3, 0.4) is 0 Å². The molecule has 49 heavy (non-hydrogen) atoms. The molecule has 14 heteroatoms. The number of ether oxygens (including phenoxy) is 10. The van der Waals surface area contributed by atoms with Crippen LogP contribution in [0.1, 0.15) is 40.6 Å². The van der Waals surface area contributed by atoms with Gasteiger partial charge in [-0.2, -0.15) is 0 Å². The van der Waals surface area contributed by atoms with E-state index in [1.54, 1.807) is 55.6 Å². The number of fused-ring (bicyclic) bond motifs is 4. The Kier molecular flexibility index (Phi) is 8.17. The minimum Gasteiger partial charge on any atom is -0.502 e. The fourth-order valence-corrected chi connectivity index (χ4v) is 7.54. The maximum absolute atomic E-state index is 13.5. The standard InChI is InChI=1S/C35H36O14/c1-40-17-6-4-15(5-7-17)34-44-13-25-32(49-34)29(37)30(38)35(47-25)48-31-19-11-22-21(45-14-46-22)10-18(19)26(27-20(31)12-43-33(27)39)16-8-23(41-2)28(36)24(9-16)42-3/h4-11,20,25-27,29-32,34-38H,12-14H2,1-3H3. The summed E-state index contributed by atoms with van der Waals surface area (Å²) in [7, 11) is 4.43. The van der Waals surface area contributed by atoms with Gasteiger partial charge in [0.15, 0.2) is 35.6 Å². The molecule has 4 aliphatic heterocycles. The summed E-state index contributed by atoms with van der Waals surface area (Å²) < 4.78 is 58.0. The Bertz CT molecular complexity index is 1700. The Morgan fingerprint density at radius 2 is 1.47 bits per heavy atom. The third-order valence-corrected chi connectivity index (χ3v) is 9.98. The zero-order valence-corrected chi connectivity index (χ0v) is 26.8. The maximum atomic E-state index is 13.5. The monoisotopic (exact) mass is 680 g/mol. The predicted octanol–water partition coefficient (Wildman–Crippen LogP) is 2.70. The number of carbonyl (C=O) groups excluding carboxylic acids is 1. The van der Waals surface area contributed by atoms with Gasteiger partial charge in [0.05, 0.1) is 46.6 Å². The van der Waals surface area contributed by atoms with Crippen LogP contribution in [0.4, 0.5) is 0 Å². The smallest absolute Gasteiger partial charge is 0.310 e. The molecule has 3 aromatic carbocycles. The lowest BCUT2D eigenvalue weighted by Crippen LogP contribution is -2.62. The van der Waals surface area contributed by atoms with Crippen LogP contribution >= 0.6 is 0 Å². The van der Waals surface area contributed by atoms with E-state index >= 15 is 0 Å². The first-order valence-electron chi connectivity index (χ1n) is 15.9. The van der Waals surface area contributed by atoms with E-state index in [0.29, 0.717) is 39.5 Å². The Hall–Kier alpha value is -4.31. The van der Waals surface area contributed by atoms with E-state index in [1.165, 1.54) is 14.2 Å². The molecular weight excluding hydrogens is 644 g/mol. The summed E-state index contributed by atoms with van der Waals surface area (Å²) in [6.07, 6.45) is -7.50. The third kappa shape index (κ3) is 5.30. The summed E-state index contributed by atoms with van der Waals surface area (Å²) >= 11 is 0. The summed E-state index contributed by atoms with van der Waals surface area (Å²) in [5.41, 5.74) is 2.68. The highest BCUT2D eigenvalue weighted by molar-refractivity contribution is 5.79. The molecule has 0 aromatic heterocycles. The number of phenolic OH excluding ortho intramolecular Hbond substituents is 1. The summed E-state index contributed by atoms with van der Waals surface area (Å²) in [6, 6.07) is 14.1. The van der Waals surface area contributed by atoms with Crippen molar-refractivity contribution >= 4 is 5.97 Å². The molecule has 0 bridgehead atoms. The third-order valence-electron chi connectivity index (χ3n) is 9.98. The molecule has 260 valence electrons. The number of benzene rings is 3. The first kappa shape index (κ1) is 31.9. The van der Waals surface area contributed by atoms with Gasteiger partial charge < -0.3 is 62.7 Å².